The molecule has 0 radical (unpaired) electrons. The number of hydrogen-bond acceptors (Lipinski definition) is 3. The standard InChI is InChI=1S/C24H23BrN2O.C2HF3O2/c25-23(13-16-4-3-7-22(12-16)28-21-5-1-2-6-21)19-10-8-18-15-20(24(26)27)11-9-17(18)14-19;3-2(4,5)1(6)7/h3-4,7-15,21H,1-2,5-6H2,(H3,26,27);(H,6,7). The molecule has 4 rings (SSSR count). The zero-order valence-electron chi connectivity index (χ0n) is 18.6. The average Bonchev–Trinajstić information content (AvgIpc) is 3.31. The molecule has 3 aromatic rings. The highest BCUT2D eigenvalue weighted by atomic mass is 79.9. The van der Waals surface area contributed by atoms with Gasteiger partial charge in [0.25, 0.3) is 0 Å². The predicted molar refractivity (Wildman–Crippen MR) is 135 cm³/mol. The number of carboxylic acids is 1. The van der Waals surface area contributed by atoms with Crippen molar-refractivity contribution in [3.05, 3.63) is 77.4 Å². The van der Waals surface area contributed by atoms with Crippen molar-refractivity contribution in [2.75, 3.05) is 0 Å². The van der Waals surface area contributed by atoms with E-state index >= 15 is 0 Å². The molecular formula is C26H24BrF3N2O3. The molecule has 35 heavy (non-hydrogen) atoms. The Morgan fingerprint density at radius 3 is 2.17 bits per heavy atom. The van der Waals surface area contributed by atoms with E-state index in [1.54, 1.807) is 0 Å². The Bertz CT molecular complexity index is 1250. The predicted octanol–water partition coefficient (Wildman–Crippen LogP) is 6.97. The van der Waals surface area contributed by atoms with Crippen LogP contribution in [0.4, 0.5) is 13.2 Å². The smallest absolute Gasteiger partial charge is 0.490 e. The molecule has 0 aromatic heterocycles. The van der Waals surface area contributed by atoms with Gasteiger partial charge in [-0.15, -0.1) is 0 Å². The Kier molecular flexibility index (Phi) is 8.56. The molecule has 0 bridgehead atoms. The van der Waals surface area contributed by atoms with Crippen LogP contribution in [-0.2, 0) is 4.79 Å². The van der Waals surface area contributed by atoms with Gasteiger partial charge in [0, 0.05) is 10.0 Å². The number of fused-ring (bicyclic) bond motifs is 1. The second-order valence-electron chi connectivity index (χ2n) is 8.08. The number of carboxylic acid groups (broad SMARTS) is 1. The molecular weight excluding hydrogens is 525 g/mol. The lowest BCUT2D eigenvalue weighted by molar-refractivity contribution is -0.192. The van der Waals surface area contributed by atoms with Gasteiger partial charge in [-0.1, -0.05) is 52.3 Å². The first kappa shape index (κ1) is 26.3. The maximum absolute atomic E-state index is 10.6. The lowest BCUT2D eigenvalue weighted by atomic mass is 10.0. The number of benzene rings is 3. The number of nitrogen functional groups attached to an aromatic ring is 1. The number of nitrogens with two attached hydrogens (primary N) is 1. The quantitative estimate of drug-likeness (QED) is 0.182. The Morgan fingerprint density at radius 2 is 1.60 bits per heavy atom. The lowest BCUT2D eigenvalue weighted by Crippen LogP contribution is -2.21. The molecule has 0 amide bonds. The summed E-state index contributed by atoms with van der Waals surface area (Å²) in [4.78, 5) is 8.90. The summed E-state index contributed by atoms with van der Waals surface area (Å²) in [6.07, 6.45) is 2.26. The van der Waals surface area contributed by atoms with Crippen LogP contribution in [0, 0.1) is 5.41 Å². The van der Waals surface area contributed by atoms with Crippen molar-refractivity contribution in [1.82, 2.24) is 0 Å². The molecule has 184 valence electrons. The minimum Gasteiger partial charge on any atom is -0.490 e. The normalized spacial score (nSPS) is 14.3. The topological polar surface area (TPSA) is 96.4 Å². The van der Waals surface area contributed by atoms with E-state index in [2.05, 4.69) is 52.3 Å². The van der Waals surface area contributed by atoms with Crippen molar-refractivity contribution < 1.29 is 27.8 Å². The summed E-state index contributed by atoms with van der Waals surface area (Å²) in [6, 6.07) is 20.4. The zero-order chi connectivity index (χ0) is 25.6. The molecule has 5 nitrogen and oxygen atoms in total. The number of halogens is 4. The van der Waals surface area contributed by atoms with E-state index in [4.69, 9.17) is 25.8 Å². The van der Waals surface area contributed by atoms with Gasteiger partial charge >= 0.3 is 12.1 Å². The fraction of sp³-hybridized carbons (Fsp3) is 0.231. The second kappa shape index (κ2) is 11.4. The van der Waals surface area contributed by atoms with E-state index in [1.807, 2.05) is 30.3 Å². The van der Waals surface area contributed by atoms with Gasteiger partial charge in [0.1, 0.15) is 11.6 Å². The molecule has 0 heterocycles. The van der Waals surface area contributed by atoms with Crippen molar-refractivity contribution in [3.63, 3.8) is 0 Å². The summed E-state index contributed by atoms with van der Waals surface area (Å²) in [5.41, 5.74) is 8.54. The SMILES string of the molecule is N=C(N)c1ccc2cc(C(Br)=Cc3cccc(OC4CCCC4)c3)ccc2c1.O=C(O)C(F)(F)F. The van der Waals surface area contributed by atoms with Crippen LogP contribution in [0.5, 0.6) is 5.75 Å². The van der Waals surface area contributed by atoms with E-state index in [0.29, 0.717) is 6.10 Å². The van der Waals surface area contributed by atoms with Gasteiger partial charge in [-0.3, -0.25) is 5.41 Å². The molecule has 0 atom stereocenters. The number of carbonyl (C=O) groups is 1. The monoisotopic (exact) mass is 548 g/mol. The molecule has 0 spiro atoms. The maximum Gasteiger partial charge on any atom is 0.490 e. The number of rotatable bonds is 5. The molecule has 0 saturated heterocycles. The minimum absolute atomic E-state index is 0.0896. The van der Waals surface area contributed by atoms with Crippen LogP contribution in [0.1, 0.15) is 42.4 Å². The minimum atomic E-state index is -5.08. The largest absolute Gasteiger partial charge is 0.490 e. The number of ether oxygens (including phenoxy) is 1. The first-order valence-corrected chi connectivity index (χ1v) is 11.6. The van der Waals surface area contributed by atoms with Crippen LogP contribution < -0.4 is 10.5 Å². The van der Waals surface area contributed by atoms with Gasteiger partial charge < -0.3 is 15.6 Å². The van der Waals surface area contributed by atoms with E-state index in [9.17, 15) is 13.2 Å². The highest BCUT2D eigenvalue weighted by molar-refractivity contribution is 9.15. The highest BCUT2D eigenvalue weighted by Crippen LogP contribution is 2.30. The number of hydrogen-bond donors (Lipinski definition) is 3. The number of aliphatic carboxylic acids is 1. The van der Waals surface area contributed by atoms with Gasteiger partial charge in [0.15, 0.2) is 0 Å². The summed E-state index contributed by atoms with van der Waals surface area (Å²) < 4.78 is 38.9. The Hall–Kier alpha value is -3.33. The molecule has 1 aliphatic carbocycles. The lowest BCUT2D eigenvalue weighted by Gasteiger charge is -2.13. The van der Waals surface area contributed by atoms with E-state index in [1.165, 1.54) is 12.8 Å². The number of amidine groups is 1. The van der Waals surface area contributed by atoms with Crippen LogP contribution >= 0.6 is 15.9 Å². The van der Waals surface area contributed by atoms with Crippen molar-refractivity contribution in [1.29, 1.82) is 5.41 Å². The summed E-state index contributed by atoms with van der Waals surface area (Å²) in [6.45, 7) is 0. The van der Waals surface area contributed by atoms with Gasteiger partial charge in [0.2, 0.25) is 0 Å². The Morgan fingerprint density at radius 1 is 1.03 bits per heavy atom. The zero-order valence-corrected chi connectivity index (χ0v) is 20.2. The van der Waals surface area contributed by atoms with E-state index in [-0.39, 0.29) is 5.84 Å². The summed E-state index contributed by atoms with van der Waals surface area (Å²) in [5.74, 6) is -1.73. The highest BCUT2D eigenvalue weighted by Gasteiger charge is 2.38. The number of alkyl halides is 3. The third-order valence-electron chi connectivity index (χ3n) is 5.43. The van der Waals surface area contributed by atoms with Crippen molar-refractivity contribution in [2.45, 2.75) is 38.0 Å². The molecule has 0 unspecified atom stereocenters. The van der Waals surface area contributed by atoms with Crippen LogP contribution in [0.15, 0.2) is 60.7 Å². The van der Waals surface area contributed by atoms with Crippen LogP contribution in [0.2, 0.25) is 0 Å². The molecule has 1 aliphatic rings. The van der Waals surface area contributed by atoms with Gasteiger partial charge in [-0.2, -0.15) is 13.2 Å². The van der Waals surface area contributed by atoms with E-state index in [0.717, 1.165) is 50.5 Å². The van der Waals surface area contributed by atoms with Crippen molar-refractivity contribution in [2.24, 2.45) is 5.73 Å². The van der Waals surface area contributed by atoms with Crippen molar-refractivity contribution >= 4 is 49.1 Å². The Labute approximate surface area is 209 Å². The second-order valence-corrected chi connectivity index (χ2v) is 8.94. The third-order valence-corrected chi connectivity index (χ3v) is 6.11. The van der Waals surface area contributed by atoms with Gasteiger partial charge in [0.05, 0.1) is 6.10 Å². The molecule has 4 N–H and O–H groups in total. The van der Waals surface area contributed by atoms with Gasteiger partial charge in [-0.05, 0) is 77.9 Å². The van der Waals surface area contributed by atoms with E-state index < -0.39 is 12.1 Å². The summed E-state index contributed by atoms with van der Waals surface area (Å²) in [7, 11) is 0. The summed E-state index contributed by atoms with van der Waals surface area (Å²) in [5, 5.41) is 16.9. The average molecular weight is 549 g/mol. The summed E-state index contributed by atoms with van der Waals surface area (Å²) >= 11 is 3.73. The molecule has 3 aromatic carbocycles. The third kappa shape index (κ3) is 7.58. The van der Waals surface area contributed by atoms with Crippen LogP contribution in [-0.4, -0.2) is 29.2 Å². The Balaban J connectivity index is 0.000000429. The van der Waals surface area contributed by atoms with Crippen LogP contribution in [0.25, 0.3) is 21.3 Å². The first-order valence-electron chi connectivity index (χ1n) is 10.9. The molecule has 1 fully saturated rings. The van der Waals surface area contributed by atoms with Crippen LogP contribution in [0.3, 0.4) is 0 Å². The number of nitrogens with one attached hydrogen (secondary N) is 1. The molecule has 1 saturated carbocycles. The fourth-order valence-electron chi connectivity index (χ4n) is 3.67. The maximum atomic E-state index is 10.6. The van der Waals surface area contributed by atoms with Gasteiger partial charge in [-0.25, -0.2) is 4.79 Å². The first-order chi connectivity index (χ1) is 16.5. The molecule has 0 aliphatic heterocycles. The molecule has 9 heteroatoms. The fourth-order valence-corrected chi connectivity index (χ4v) is 4.18. The van der Waals surface area contributed by atoms with Crippen molar-refractivity contribution in [3.8, 4) is 5.75 Å².